The second-order valence-electron chi connectivity index (χ2n) is 3.93. The van der Waals surface area contributed by atoms with Crippen LogP contribution in [0.25, 0.3) is 0 Å². The highest BCUT2D eigenvalue weighted by Gasteiger charge is 2.04. The zero-order valence-electron chi connectivity index (χ0n) is 10.6. The Bertz CT molecular complexity index is 562. The lowest BCUT2D eigenvalue weighted by Crippen LogP contribution is -2.05. The lowest BCUT2D eigenvalue weighted by atomic mass is 10.1. The Morgan fingerprint density at radius 3 is 2.84 bits per heavy atom. The topological polar surface area (TPSA) is 73.1 Å². The van der Waals surface area contributed by atoms with E-state index in [0.717, 1.165) is 5.56 Å². The normalized spacial score (nSPS) is 10.3. The maximum atomic E-state index is 13.7. The zero-order chi connectivity index (χ0) is 13.7. The van der Waals surface area contributed by atoms with Gasteiger partial charge in [-0.1, -0.05) is 12.1 Å². The van der Waals surface area contributed by atoms with Crippen LogP contribution in [0.2, 0.25) is 0 Å². The molecule has 100 valence electrons. The second kappa shape index (κ2) is 6.10. The number of halogens is 1. The first kappa shape index (κ1) is 13.2. The van der Waals surface area contributed by atoms with Crippen molar-refractivity contribution < 1.29 is 9.13 Å². The average molecular weight is 262 g/mol. The largest absolute Gasteiger partial charge is 0.481 e. The minimum Gasteiger partial charge on any atom is -0.481 e. The minimum atomic E-state index is -0.281. The van der Waals surface area contributed by atoms with Gasteiger partial charge in [0, 0.05) is 24.7 Å². The van der Waals surface area contributed by atoms with E-state index < -0.39 is 0 Å². The molecule has 1 heterocycles. The van der Waals surface area contributed by atoms with E-state index in [1.807, 2.05) is 0 Å². The van der Waals surface area contributed by atoms with Crippen LogP contribution in [0.15, 0.2) is 30.6 Å². The fraction of sp³-hybridized carbons (Fsp3) is 0.231. The molecule has 0 saturated heterocycles. The van der Waals surface area contributed by atoms with Gasteiger partial charge in [0.1, 0.15) is 18.0 Å². The number of nitrogens with one attached hydrogen (secondary N) is 1. The van der Waals surface area contributed by atoms with Crippen LogP contribution in [0.5, 0.6) is 5.88 Å². The lowest BCUT2D eigenvalue weighted by Gasteiger charge is -2.08. The molecular formula is C13H15FN4O. The van der Waals surface area contributed by atoms with Gasteiger partial charge in [0.2, 0.25) is 5.88 Å². The van der Waals surface area contributed by atoms with Crippen LogP contribution < -0.4 is 15.8 Å². The molecule has 0 fully saturated rings. The third kappa shape index (κ3) is 3.38. The van der Waals surface area contributed by atoms with Crippen LogP contribution in [0.3, 0.4) is 0 Å². The third-order valence-corrected chi connectivity index (χ3v) is 2.66. The fourth-order valence-electron chi connectivity index (χ4n) is 1.59. The van der Waals surface area contributed by atoms with Gasteiger partial charge >= 0.3 is 0 Å². The van der Waals surface area contributed by atoms with E-state index in [2.05, 4.69) is 15.3 Å². The van der Waals surface area contributed by atoms with Gasteiger partial charge in [0.15, 0.2) is 0 Å². The number of anilines is 1. The average Bonchev–Trinajstić information content (AvgIpc) is 2.46. The van der Waals surface area contributed by atoms with Crippen LogP contribution in [0.4, 0.5) is 10.2 Å². The number of benzene rings is 1. The van der Waals surface area contributed by atoms with Crippen molar-refractivity contribution in [2.75, 3.05) is 12.4 Å². The molecule has 0 radical (unpaired) electrons. The highest BCUT2D eigenvalue weighted by molar-refractivity contribution is 5.38. The van der Waals surface area contributed by atoms with Crippen molar-refractivity contribution in [2.24, 2.45) is 5.73 Å². The Labute approximate surface area is 110 Å². The SMILES string of the molecule is COc1cc(NCc2ccc(CN)cc2F)ncn1. The first-order valence-electron chi connectivity index (χ1n) is 5.80. The number of nitrogens with two attached hydrogens (primary N) is 1. The Hall–Kier alpha value is -2.21. The molecule has 0 unspecified atom stereocenters. The van der Waals surface area contributed by atoms with Crippen LogP contribution in [0.1, 0.15) is 11.1 Å². The van der Waals surface area contributed by atoms with Gasteiger partial charge in [-0.05, 0) is 11.6 Å². The summed E-state index contributed by atoms with van der Waals surface area (Å²) in [6.07, 6.45) is 1.38. The van der Waals surface area contributed by atoms with Gasteiger partial charge in [-0.3, -0.25) is 0 Å². The summed E-state index contributed by atoms with van der Waals surface area (Å²) >= 11 is 0. The van der Waals surface area contributed by atoms with Crippen LogP contribution in [-0.4, -0.2) is 17.1 Å². The van der Waals surface area contributed by atoms with Gasteiger partial charge in [-0.2, -0.15) is 0 Å². The summed E-state index contributed by atoms with van der Waals surface area (Å²) in [6.45, 7) is 0.657. The smallest absolute Gasteiger partial charge is 0.218 e. The van der Waals surface area contributed by atoms with Crippen molar-refractivity contribution >= 4 is 5.82 Å². The molecule has 0 aliphatic heterocycles. The maximum Gasteiger partial charge on any atom is 0.218 e. The summed E-state index contributed by atoms with van der Waals surface area (Å²) in [4.78, 5) is 7.91. The van der Waals surface area contributed by atoms with E-state index >= 15 is 0 Å². The maximum absolute atomic E-state index is 13.7. The number of ether oxygens (including phenoxy) is 1. The highest BCUT2D eigenvalue weighted by atomic mass is 19.1. The standard InChI is InChI=1S/C13H15FN4O/c1-19-13-5-12(17-8-18-13)16-7-10-3-2-9(6-15)4-11(10)14/h2-5,8H,6-7,15H2,1H3,(H,16,17,18). The predicted octanol–water partition coefficient (Wildman–Crippen LogP) is 1.70. The molecule has 0 spiro atoms. The molecule has 2 rings (SSSR count). The first-order chi connectivity index (χ1) is 9.22. The Morgan fingerprint density at radius 2 is 2.16 bits per heavy atom. The molecular weight excluding hydrogens is 247 g/mol. The van der Waals surface area contributed by atoms with Gasteiger partial charge in [-0.15, -0.1) is 0 Å². The van der Waals surface area contributed by atoms with Crippen LogP contribution in [-0.2, 0) is 13.1 Å². The number of hydrogen-bond donors (Lipinski definition) is 2. The van der Waals surface area contributed by atoms with Crippen molar-refractivity contribution in [1.29, 1.82) is 0 Å². The van der Waals surface area contributed by atoms with E-state index in [0.29, 0.717) is 30.4 Å². The Morgan fingerprint density at radius 1 is 1.32 bits per heavy atom. The van der Waals surface area contributed by atoms with Gasteiger partial charge in [-0.25, -0.2) is 14.4 Å². The van der Waals surface area contributed by atoms with Crippen LogP contribution >= 0.6 is 0 Å². The quantitative estimate of drug-likeness (QED) is 0.858. The summed E-state index contributed by atoms with van der Waals surface area (Å²) in [5, 5.41) is 3.01. The molecule has 1 aromatic carbocycles. The summed E-state index contributed by atoms with van der Waals surface area (Å²) in [6, 6.07) is 6.60. The molecule has 19 heavy (non-hydrogen) atoms. The molecule has 6 heteroatoms. The third-order valence-electron chi connectivity index (χ3n) is 2.66. The second-order valence-corrected chi connectivity index (χ2v) is 3.93. The van der Waals surface area contributed by atoms with E-state index in [-0.39, 0.29) is 5.82 Å². The molecule has 0 amide bonds. The van der Waals surface area contributed by atoms with E-state index in [1.54, 1.807) is 18.2 Å². The number of rotatable bonds is 5. The molecule has 0 atom stereocenters. The van der Waals surface area contributed by atoms with E-state index in [4.69, 9.17) is 10.5 Å². The van der Waals surface area contributed by atoms with Gasteiger partial charge in [0.05, 0.1) is 7.11 Å². The molecule has 5 nitrogen and oxygen atoms in total. The number of aromatic nitrogens is 2. The molecule has 0 aliphatic carbocycles. The zero-order valence-corrected chi connectivity index (χ0v) is 10.6. The van der Waals surface area contributed by atoms with Crippen molar-refractivity contribution in [3.63, 3.8) is 0 Å². The fourth-order valence-corrected chi connectivity index (χ4v) is 1.59. The highest BCUT2D eigenvalue weighted by Crippen LogP contribution is 2.14. The minimum absolute atomic E-state index is 0.281. The van der Waals surface area contributed by atoms with Crippen molar-refractivity contribution in [1.82, 2.24) is 9.97 Å². The molecule has 2 aromatic rings. The van der Waals surface area contributed by atoms with Gasteiger partial charge < -0.3 is 15.8 Å². The molecule has 0 saturated carbocycles. The number of hydrogen-bond acceptors (Lipinski definition) is 5. The lowest BCUT2D eigenvalue weighted by molar-refractivity contribution is 0.397. The van der Waals surface area contributed by atoms with E-state index in [1.165, 1.54) is 19.5 Å². The summed E-state index contributed by atoms with van der Waals surface area (Å²) in [5.74, 6) is 0.752. The van der Waals surface area contributed by atoms with Crippen molar-refractivity contribution in [3.8, 4) is 5.88 Å². The predicted molar refractivity (Wildman–Crippen MR) is 70.2 cm³/mol. The molecule has 3 N–H and O–H groups in total. The molecule has 0 aliphatic rings. The molecule has 1 aromatic heterocycles. The van der Waals surface area contributed by atoms with E-state index in [9.17, 15) is 4.39 Å². The number of nitrogens with zero attached hydrogens (tertiary/aromatic N) is 2. The Kier molecular flexibility index (Phi) is 4.25. The van der Waals surface area contributed by atoms with Crippen LogP contribution in [0, 0.1) is 5.82 Å². The number of methoxy groups -OCH3 is 1. The van der Waals surface area contributed by atoms with Crippen molar-refractivity contribution in [3.05, 3.63) is 47.5 Å². The summed E-state index contributed by atoms with van der Waals surface area (Å²) in [7, 11) is 1.53. The first-order valence-corrected chi connectivity index (χ1v) is 5.80. The Balaban J connectivity index is 2.05. The van der Waals surface area contributed by atoms with Crippen molar-refractivity contribution in [2.45, 2.75) is 13.1 Å². The monoisotopic (exact) mass is 262 g/mol. The summed E-state index contributed by atoms with van der Waals surface area (Å²) < 4.78 is 18.7. The summed E-state index contributed by atoms with van der Waals surface area (Å²) in [5.41, 5.74) is 6.77. The van der Waals surface area contributed by atoms with Gasteiger partial charge in [0.25, 0.3) is 0 Å². The molecule has 0 bridgehead atoms.